The van der Waals surface area contributed by atoms with Crippen molar-refractivity contribution in [2.75, 3.05) is 7.11 Å². The summed E-state index contributed by atoms with van der Waals surface area (Å²) < 4.78 is 4.58. The second-order valence-corrected chi connectivity index (χ2v) is 5.26. The molecule has 1 fully saturated rings. The summed E-state index contributed by atoms with van der Waals surface area (Å²) in [5, 5.41) is 0. The standard InChI is InChI=1S/C12H14O3S/c1-15-12(14)7-9-4-5-11(16-9)10(13)6-8-2-3-8/h4-5,8H,2-3,6-7H2,1H3. The lowest BCUT2D eigenvalue weighted by molar-refractivity contribution is -0.139. The highest BCUT2D eigenvalue weighted by Crippen LogP contribution is 2.34. The fourth-order valence-electron chi connectivity index (χ4n) is 1.52. The predicted octanol–water partition coefficient (Wildman–Crippen LogP) is 2.45. The minimum atomic E-state index is -0.261. The fourth-order valence-corrected chi connectivity index (χ4v) is 2.46. The molecule has 1 saturated carbocycles. The van der Waals surface area contributed by atoms with Crippen LogP contribution in [0.3, 0.4) is 0 Å². The van der Waals surface area contributed by atoms with Crippen molar-refractivity contribution in [2.45, 2.75) is 25.7 Å². The monoisotopic (exact) mass is 238 g/mol. The van der Waals surface area contributed by atoms with Crippen molar-refractivity contribution in [3.63, 3.8) is 0 Å². The zero-order valence-corrected chi connectivity index (χ0v) is 10.0. The van der Waals surface area contributed by atoms with E-state index in [9.17, 15) is 9.59 Å². The summed E-state index contributed by atoms with van der Waals surface area (Å²) in [5.41, 5.74) is 0. The lowest BCUT2D eigenvalue weighted by atomic mass is 10.2. The van der Waals surface area contributed by atoms with E-state index in [1.54, 1.807) is 0 Å². The molecule has 0 saturated heterocycles. The van der Waals surface area contributed by atoms with E-state index in [4.69, 9.17) is 0 Å². The largest absolute Gasteiger partial charge is 0.469 e. The van der Waals surface area contributed by atoms with Gasteiger partial charge in [-0.05, 0) is 30.9 Å². The molecule has 0 amide bonds. The Kier molecular flexibility index (Phi) is 3.39. The van der Waals surface area contributed by atoms with Crippen molar-refractivity contribution in [2.24, 2.45) is 5.92 Å². The van der Waals surface area contributed by atoms with Crippen molar-refractivity contribution in [1.29, 1.82) is 0 Å². The van der Waals surface area contributed by atoms with Crippen LogP contribution < -0.4 is 0 Å². The van der Waals surface area contributed by atoms with Crippen LogP contribution in [0.2, 0.25) is 0 Å². The molecule has 0 N–H and O–H groups in total. The Morgan fingerprint density at radius 2 is 2.19 bits per heavy atom. The Labute approximate surface area is 98.4 Å². The fraction of sp³-hybridized carbons (Fsp3) is 0.500. The molecule has 1 aliphatic carbocycles. The molecule has 0 aliphatic heterocycles. The molecule has 0 radical (unpaired) electrons. The second-order valence-electron chi connectivity index (χ2n) is 4.09. The van der Waals surface area contributed by atoms with Gasteiger partial charge in [-0.2, -0.15) is 0 Å². The molecule has 0 atom stereocenters. The van der Waals surface area contributed by atoms with E-state index < -0.39 is 0 Å². The topological polar surface area (TPSA) is 43.4 Å². The van der Waals surface area contributed by atoms with Gasteiger partial charge in [-0.1, -0.05) is 0 Å². The minimum Gasteiger partial charge on any atom is -0.469 e. The lowest BCUT2D eigenvalue weighted by Gasteiger charge is -1.95. The van der Waals surface area contributed by atoms with Gasteiger partial charge in [0.15, 0.2) is 5.78 Å². The highest BCUT2D eigenvalue weighted by molar-refractivity contribution is 7.14. The van der Waals surface area contributed by atoms with Crippen LogP contribution >= 0.6 is 11.3 Å². The van der Waals surface area contributed by atoms with Gasteiger partial charge < -0.3 is 4.74 Å². The predicted molar refractivity (Wildman–Crippen MR) is 61.7 cm³/mol. The molecule has 1 heterocycles. The number of ether oxygens (including phenoxy) is 1. The highest BCUT2D eigenvalue weighted by Gasteiger charge is 2.25. The quantitative estimate of drug-likeness (QED) is 0.584. The molecule has 1 aliphatic rings. The first-order chi connectivity index (χ1) is 7.69. The molecule has 3 nitrogen and oxygen atoms in total. The number of esters is 1. The summed E-state index contributed by atoms with van der Waals surface area (Å²) in [6.45, 7) is 0. The van der Waals surface area contributed by atoms with Crippen LogP contribution in [0.15, 0.2) is 12.1 Å². The second kappa shape index (κ2) is 4.78. The summed E-state index contributed by atoms with van der Waals surface area (Å²) in [6, 6.07) is 3.65. The van der Waals surface area contributed by atoms with Crippen LogP contribution in [0.25, 0.3) is 0 Å². The molecule has 0 unspecified atom stereocenters. The Morgan fingerprint density at radius 3 is 2.81 bits per heavy atom. The first-order valence-electron chi connectivity index (χ1n) is 5.37. The Morgan fingerprint density at radius 1 is 1.44 bits per heavy atom. The number of carbonyl (C=O) groups excluding carboxylic acids is 2. The zero-order valence-electron chi connectivity index (χ0n) is 9.19. The van der Waals surface area contributed by atoms with E-state index in [2.05, 4.69) is 4.74 Å². The Hall–Kier alpha value is -1.16. The molecule has 1 aromatic rings. The van der Waals surface area contributed by atoms with Gasteiger partial charge >= 0.3 is 5.97 Å². The number of Topliss-reactive ketones (excluding diaryl/α,β-unsaturated/α-hetero) is 1. The molecule has 16 heavy (non-hydrogen) atoms. The highest BCUT2D eigenvalue weighted by atomic mass is 32.1. The van der Waals surface area contributed by atoms with E-state index in [1.165, 1.54) is 31.3 Å². The molecule has 86 valence electrons. The normalized spacial score (nSPS) is 14.8. The van der Waals surface area contributed by atoms with Gasteiger partial charge in [0.2, 0.25) is 0 Å². The van der Waals surface area contributed by atoms with E-state index in [1.807, 2.05) is 12.1 Å². The molecular weight excluding hydrogens is 224 g/mol. The third kappa shape index (κ3) is 2.92. The lowest BCUT2D eigenvalue weighted by Crippen LogP contribution is -2.02. The smallest absolute Gasteiger partial charge is 0.310 e. The number of thiophene rings is 1. The Balaban J connectivity index is 1.95. The van der Waals surface area contributed by atoms with Gasteiger partial charge in [0.05, 0.1) is 18.4 Å². The number of hydrogen-bond donors (Lipinski definition) is 0. The van der Waals surface area contributed by atoms with Crippen molar-refractivity contribution in [3.05, 3.63) is 21.9 Å². The van der Waals surface area contributed by atoms with Crippen LogP contribution in [0.1, 0.15) is 33.8 Å². The summed E-state index contributed by atoms with van der Waals surface area (Å²) in [4.78, 5) is 24.5. The molecule has 0 bridgehead atoms. The minimum absolute atomic E-state index is 0.212. The number of rotatable bonds is 5. The average Bonchev–Trinajstić information content (AvgIpc) is 2.95. The van der Waals surface area contributed by atoms with Crippen molar-refractivity contribution < 1.29 is 14.3 Å². The van der Waals surface area contributed by atoms with Crippen LogP contribution in [-0.2, 0) is 16.0 Å². The van der Waals surface area contributed by atoms with Gasteiger partial charge in [-0.15, -0.1) is 11.3 Å². The van der Waals surface area contributed by atoms with E-state index >= 15 is 0 Å². The van der Waals surface area contributed by atoms with Gasteiger partial charge in [0, 0.05) is 11.3 Å². The molecule has 0 spiro atoms. The third-order valence-electron chi connectivity index (χ3n) is 2.65. The van der Waals surface area contributed by atoms with Crippen molar-refractivity contribution in [3.8, 4) is 0 Å². The van der Waals surface area contributed by atoms with Crippen molar-refractivity contribution in [1.82, 2.24) is 0 Å². The third-order valence-corrected chi connectivity index (χ3v) is 3.78. The summed E-state index contributed by atoms with van der Waals surface area (Å²) in [6.07, 6.45) is 3.30. The summed E-state index contributed by atoms with van der Waals surface area (Å²) in [5.74, 6) is 0.560. The first-order valence-corrected chi connectivity index (χ1v) is 6.19. The molecule has 0 aromatic carbocycles. The van der Waals surface area contributed by atoms with Gasteiger partial charge in [0.1, 0.15) is 0 Å². The maximum atomic E-state index is 11.8. The van der Waals surface area contributed by atoms with E-state index in [0.717, 1.165) is 9.75 Å². The average molecular weight is 238 g/mol. The molecular formula is C12H14O3S. The van der Waals surface area contributed by atoms with Crippen LogP contribution in [-0.4, -0.2) is 18.9 Å². The molecule has 4 heteroatoms. The number of hydrogen-bond acceptors (Lipinski definition) is 4. The number of ketones is 1. The molecule has 1 aromatic heterocycles. The van der Waals surface area contributed by atoms with Crippen LogP contribution in [0.4, 0.5) is 0 Å². The van der Waals surface area contributed by atoms with Crippen LogP contribution in [0, 0.1) is 5.92 Å². The SMILES string of the molecule is COC(=O)Cc1ccc(C(=O)CC2CC2)s1. The Bertz CT molecular complexity index is 404. The maximum absolute atomic E-state index is 11.8. The number of methoxy groups -OCH3 is 1. The first kappa shape index (κ1) is 11.3. The number of carbonyl (C=O) groups is 2. The van der Waals surface area contributed by atoms with Gasteiger partial charge in [-0.3, -0.25) is 9.59 Å². The summed E-state index contributed by atoms with van der Waals surface area (Å²) >= 11 is 1.40. The zero-order chi connectivity index (χ0) is 11.5. The maximum Gasteiger partial charge on any atom is 0.310 e. The van der Waals surface area contributed by atoms with Gasteiger partial charge in [-0.25, -0.2) is 0 Å². The van der Waals surface area contributed by atoms with E-state index in [-0.39, 0.29) is 18.2 Å². The van der Waals surface area contributed by atoms with E-state index in [0.29, 0.717) is 12.3 Å². The molecule has 2 rings (SSSR count). The van der Waals surface area contributed by atoms with Crippen molar-refractivity contribution >= 4 is 23.1 Å². The van der Waals surface area contributed by atoms with Crippen LogP contribution in [0.5, 0.6) is 0 Å². The van der Waals surface area contributed by atoms with Gasteiger partial charge in [0.25, 0.3) is 0 Å². The summed E-state index contributed by atoms with van der Waals surface area (Å²) in [7, 11) is 1.37.